The summed E-state index contributed by atoms with van der Waals surface area (Å²) in [6, 6.07) is 18.8. The Labute approximate surface area is 123 Å². The van der Waals surface area contributed by atoms with Gasteiger partial charge in [0, 0.05) is 23.1 Å². The Hall–Kier alpha value is -2.57. The van der Waals surface area contributed by atoms with Crippen LogP contribution in [0.4, 0.5) is 0 Å². The number of nitrogens with zero attached hydrogens (tertiary/aromatic N) is 1. The Kier molecular flexibility index (Phi) is 2.77. The number of nitrogens with one attached hydrogen (secondary N) is 2. The van der Waals surface area contributed by atoms with Gasteiger partial charge in [0.15, 0.2) is 0 Å². The van der Waals surface area contributed by atoms with Crippen LogP contribution in [0.25, 0.3) is 10.9 Å². The third-order valence-electron chi connectivity index (χ3n) is 4.21. The largest absolute Gasteiger partial charge is 0.357 e. The second-order valence-corrected chi connectivity index (χ2v) is 5.44. The van der Waals surface area contributed by atoms with Gasteiger partial charge in [0.05, 0.1) is 17.7 Å². The first kappa shape index (κ1) is 12.2. The molecule has 0 amide bonds. The molecule has 0 saturated carbocycles. The van der Waals surface area contributed by atoms with Crippen LogP contribution in [0, 0.1) is 11.3 Å². The number of fused-ring (bicyclic) bond motifs is 3. The van der Waals surface area contributed by atoms with Gasteiger partial charge in [-0.2, -0.15) is 5.26 Å². The summed E-state index contributed by atoms with van der Waals surface area (Å²) in [4.78, 5) is 3.54. The van der Waals surface area contributed by atoms with Crippen LogP contribution in [0.2, 0.25) is 0 Å². The molecule has 2 N–H and O–H groups in total. The number of hydrogen-bond acceptors (Lipinski definition) is 2. The average Bonchev–Trinajstić information content (AvgIpc) is 2.93. The van der Waals surface area contributed by atoms with Crippen molar-refractivity contribution < 1.29 is 0 Å². The molecule has 3 aromatic rings. The number of nitriles is 1. The first-order valence-electron chi connectivity index (χ1n) is 7.20. The van der Waals surface area contributed by atoms with Gasteiger partial charge < -0.3 is 10.3 Å². The van der Waals surface area contributed by atoms with E-state index < -0.39 is 0 Å². The third kappa shape index (κ3) is 1.93. The monoisotopic (exact) mass is 273 g/mol. The van der Waals surface area contributed by atoms with Crippen molar-refractivity contribution in [3.63, 3.8) is 0 Å². The van der Waals surface area contributed by atoms with Gasteiger partial charge in [-0.3, -0.25) is 0 Å². The van der Waals surface area contributed by atoms with Crippen molar-refractivity contribution in [2.24, 2.45) is 0 Å². The van der Waals surface area contributed by atoms with Gasteiger partial charge in [0.2, 0.25) is 0 Å². The summed E-state index contributed by atoms with van der Waals surface area (Å²) in [5, 5.41) is 13.9. The van der Waals surface area contributed by atoms with E-state index in [-0.39, 0.29) is 6.04 Å². The van der Waals surface area contributed by atoms with Crippen LogP contribution < -0.4 is 5.32 Å². The zero-order valence-electron chi connectivity index (χ0n) is 11.6. The SMILES string of the molecule is N#Cc1ccc2[nH]c3c(c2c1)CCNC3c1ccccc1. The van der Waals surface area contributed by atoms with Crippen LogP contribution in [0.15, 0.2) is 48.5 Å². The molecule has 0 saturated heterocycles. The normalized spacial score (nSPS) is 17.4. The Morgan fingerprint density at radius 2 is 1.95 bits per heavy atom. The van der Waals surface area contributed by atoms with Crippen LogP contribution in [-0.4, -0.2) is 11.5 Å². The molecule has 0 fully saturated rings. The predicted octanol–water partition coefficient (Wildman–Crippen LogP) is 3.27. The highest BCUT2D eigenvalue weighted by atomic mass is 15.0. The average molecular weight is 273 g/mol. The fourth-order valence-corrected chi connectivity index (χ4v) is 3.23. The lowest BCUT2D eigenvalue weighted by Crippen LogP contribution is -2.30. The molecule has 4 rings (SSSR count). The highest BCUT2D eigenvalue weighted by Gasteiger charge is 2.24. The molecule has 1 aliphatic heterocycles. The zero-order valence-corrected chi connectivity index (χ0v) is 11.6. The van der Waals surface area contributed by atoms with Gasteiger partial charge in [0.25, 0.3) is 0 Å². The molecular weight excluding hydrogens is 258 g/mol. The maximum absolute atomic E-state index is 9.10. The molecule has 1 aliphatic rings. The van der Waals surface area contributed by atoms with E-state index in [0.717, 1.165) is 24.0 Å². The predicted molar refractivity (Wildman–Crippen MR) is 83.0 cm³/mol. The highest BCUT2D eigenvalue weighted by molar-refractivity contribution is 5.86. The lowest BCUT2D eigenvalue weighted by Gasteiger charge is -2.24. The summed E-state index contributed by atoms with van der Waals surface area (Å²) in [7, 11) is 0. The van der Waals surface area contributed by atoms with Gasteiger partial charge in [0.1, 0.15) is 0 Å². The zero-order chi connectivity index (χ0) is 14.2. The van der Waals surface area contributed by atoms with Crippen LogP contribution >= 0.6 is 0 Å². The summed E-state index contributed by atoms with van der Waals surface area (Å²) in [6.07, 6.45) is 0.994. The maximum atomic E-state index is 9.10. The maximum Gasteiger partial charge on any atom is 0.0991 e. The first-order chi connectivity index (χ1) is 10.4. The quantitative estimate of drug-likeness (QED) is 0.715. The summed E-state index contributed by atoms with van der Waals surface area (Å²) in [5.74, 6) is 0. The number of aromatic amines is 1. The number of hydrogen-bond donors (Lipinski definition) is 2. The number of H-pyrrole nitrogens is 1. The fraction of sp³-hybridized carbons (Fsp3) is 0.167. The molecule has 3 heteroatoms. The van der Waals surface area contributed by atoms with Crippen molar-refractivity contribution in [3.05, 3.63) is 70.9 Å². The lowest BCUT2D eigenvalue weighted by molar-refractivity contribution is 0.560. The summed E-state index contributed by atoms with van der Waals surface area (Å²) < 4.78 is 0. The Balaban J connectivity index is 1.91. The standard InChI is InChI=1S/C18H15N3/c19-11-12-6-7-16-15(10-12)14-8-9-20-17(18(14)21-16)13-4-2-1-3-5-13/h1-7,10,17,20-21H,8-9H2. The van der Waals surface area contributed by atoms with E-state index in [4.69, 9.17) is 5.26 Å². The van der Waals surface area contributed by atoms with E-state index in [9.17, 15) is 0 Å². The van der Waals surface area contributed by atoms with E-state index in [1.54, 1.807) is 0 Å². The van der Waals surface area contributed by atoms with E-state index >= 15 is 0 Å². The molecule has 102 valence electrons. The fourth-order valence-electron chi connectivity index (χ4n) is 3.23. The van der Waals surface area contributed by atoms with Crippen LogP contribution in [0.5, 0.6) is 0 Å². The first-order valence-corrected chi connectivity index (χ1v) is 7.20. The van der Waals surface area contributed by atoms with E-state index in [1.807, 2.05) is 24.3 Å². The molecule has 0 bridgehead atoms. The van der Waals surface area contributed by atoms with E-state index in [0.29, 0.717) is 0 Å². The van der Waals surface area contributed by atoms with E-state index in [2.05, 4.69) is 40.6 Å². The molecule has 3 nitrogen and oxygen atoms in total. The number of benzene rings is 2. The molecule has 1 aromatic heterocycles. The van der Waals surface area contributed by atoms with Gasteiger partial charge in [-0.1, -0.05) is 30.3 Å². The lowest BCUT2D eigenvalue weighted by atomic mass is 9.94. The molecule has 1 atom stereocenters. The topological polar surface area (TPSA) is 51.6 Å². The summed E-state index contributed by atoms with van der Waals surface area (Å²) in [5.41, 5.74) is 5.68. The summed E-state index contributed by atoms with van der Waals surface area (Å²) >= 11 is 0. The van der Waals surface area contributed by atoms with Crippen molar-refractivity contribution in [1.29, 1.82) is 5.26 Å². The molecular formula is C18H15N3. The van der Waals surface area contributed by atoms with Gasteiger partial charge in [-0.05, 0) is 35.7 Å². The Morgan fingerprint density at radius 3 is 2.76 bits per heavy atom. The molecule has 0 aliphatic carbocycles. The van der Waals surface area contributed by atoms with E-state index in [1.165, 1.54) is 22.2 Å². The van der Waals surface area contributed by atoms with Crippen molar-refractivity contribution in [1.82, 2.24) is 10.3 Å². The minimum Gasteiger partial charge on any atom is -0.357 e. The van der Waals surface area contributed by atoms with Crippen molar-refractivity contribution >= 4 is 10.9 Å². The highest BCUT2D eigenvalue weighted by Crippen LogP contribution is 2.33. The van der Waals surface area contributed by atoms with Gasteiger partial charge in [-0.15, -0.1) is 0 Å². The third-order valence-corrected chi connectivity index (χ3v) is 4.21. The second-order valence-electron chi connectivity index (χ2n) is 5.44. The van der Waals surface area contributed by atoms with Crippen LogP contribution in [0.3, 0.4) is 0 Å². The molecule has 2 heterocycles. The molecule has 2 aromatic carbocycles. The minimum absolute atomic E-state index is 0.202. The van der Waals surface area contributed by atoms with Crippen LogP contribution in [0.1, 0.15) is 28.4 Å². The second kappa shape index (κ2) is 4.76. The van der Waals surface area contributed by atoms with Crippen molar-refractivity contribution in [3.8, 4) is 6.07 Å². The Bertz CT molecular complexity index is 840. The van der Waals surface area contributed by atoms with Crippen LogP contribution in [-0.2, 0) is 6.42 Å². The smallest absolute Gasteiger partial charge is 0.0991 e. The molecule has 1 unspecified atom stereocenters. The minimum atomic E-state index is 0.202. The Morgan fingerprint density at radius 1 is 1.10 bits per heavy atom. The number of rotatable bonds is 1. The van der Waals surface area contributed by atoms with Gasteiger partial charge in [-0.25, -0.2) is 0 Å². The molecule has 0 radical (unpaired) electrons. The van der Waals surface area contributed by atoms with Gasteiger partial charge >= 0.3 is 0 Å². The summed E-state index contributed by atoms with van der Waals surface area (Å²) in [6.45, 7) is 0.955. The number of aromatic nitrogens is 1. The molecule has 21 heavy (non-hydrogen) atoms. The van der Waals surface area contributed by atoms with Crippen molar-refractivity contribution in [2.45, 2.75) is 12.5 Å². The van der Waals surface area contributed by atoms with Crippen molar-refractivity contribution in [2.75, 3.05) is 6.54 Å². The molecule has 0 spiro atoms.